The third-order valence-corrected chi connectivity index (χ3v) is 8.71. The number of sulfone groups is 1. The molecular weight excluding hydrogens is 530 g/mol. The Bertz CT molecular complexity index is 1740. The number of ether oxygens (including phenoxy) is 1. The van der Waals surface area contributed by atoms with E-state index in [2.05, 4.69) is 24.8 Å². The molecule has 0 saturated carbocycles. The van der Waals surface area contributed by atoms with Crippen LogP contribution in [-0.2, 0) is 9.84 Å². The second-order valence-electron chi connectivity index (χ2n) is 9.61. The molecule has 39 heavy (non-hydrogen) atoms. The van der Waals surface area contributed by atoms with Gasteiger partial charge in [-0.25, -0.2) is 18.5 Å². The smallest absolute Gasteiger partial charge is 0.270 e. The Kier molecular flexibility index (Phi) is 7.06. The van der Waals surface area contributed by atoms with Crippen LogP contribution in [0.25, 0.3) is 21.5 Å². The third kappa shape index (κ3) is 4.83. The second kappa shape index (κ2) is 10.5. The highest BCUT2D eigenvalue weighted by atomic mass is 35.5. The van der Waals surface area contributed by atoms with Gasteiger partial charge in [-0.3, -0.25) is 0 Å². The first-order valence-corrected chi connectivity index (χ1v) is 14.2. The number of halogens is 1. The fourth-order valence-corrected chi connectivity index (χ4v) is 6.60. The highest BCUT2D eigenvalue weighted by molar-refractivity contribution is 7.96. The van der Waals surface area contributed by atoms with Crippen molar-refractivity contribution in [3.05, 3.63) is 117 Å². The van der Waals surface area contributed by atoms with Gasteiger partial charge in [-0.1, -0.05) is 67.9 Å². The van der Waals surface area contributed by atoms with Crippen LogP contribution in [0.1, 0.15) is 25.8 Å². The highest BCUT2D eigenvalue weighted by Gasteiger charge is 2.38. The predicted octanol–water partition coefficient (Wildman–Crippen LogP) is 7.62. The largest absolute Gasteiger partial charge is 0.439 e. The van der Waals surface area contributed by atoms with Gasteiger partial charge >= 0.3 is 0 Å². The van der Waals surface area contributed by atoms with E-state index < -0.39 is 9.84 Å². The number of benzene rings is 3. The summed E-state index contributed by atoms with van der Waals surface area (Å²) in [5.74, 6) is 1.57. The lowest BCUT2D eigenvalue weighted by atomic mass is 10.0. The molecule has 0 aromatic heterocycles. The van der Waals surface area contributed by atoms with E-state index in [0.717, 1.165) is 23.2 Å². The molecule has 0 atom stereocenters. The van der Waals surface area contributed by atoms with Crippen LogP contribution >= 0.6 is 11.6 Å². The van der Waals surface area contributed by atoms with E-state index in [1.54, 1.807) is 12.1 Å². The molecule has 6 nitrogen and oxygen atoms in total. The lowest BCUT2D eigenvalue weighted by molar-refractivity contribution is 0.433. The van der Waals surface area contributed by atoms with E-state index in [9.17, 15) is 13.7 Å². The number of anilines is 1. The fourth-order valence-electron chi connectivity index (χ4n) is 4.66. The van der Waals surface area contributed by atoms with Gasteiger partial charge in [0.05, 0.1) is 28.1 Å². The Morgan fingerprint density at radius 2 is 1.87 bits per heavy atom. The lowest BCUT2D eigenvalue weighted by Crippen LogP contribution is -2.22. The number of hydrogen-bond acceptors (Lipinski definition) is 5. The molecule has 3 aromatic carbocycles. The molecule has 8 heteroatoms. The molecule has 0 amide bonds. The average Bonchev–Trinajstić information content (AvgIpc) is 3.38. The molecule has 0 fully saturated rings. The van der Waals surface area contributed by atoms with Crippen molar-refractivity contribution in [2.75, 3.05) is 11.4 Å². The molecule has 2 heterocycles. The Hall–Kier alpha value is -4.30. The van der Waals surface area contributed by atoms with Crippen LogP contribution in [0, 0.1) is 23.8 Å². The van der Waals surface area contributed by atoms with E-state index in [1.807, 2.05) is 53.4 Å². The summed E-state index contributed by atoms with van der Waals surface area (Å²) in [6, 6.07) is 22.3. The second-order valence-corrected chi connectivity index (χ2v) is 11.9. The summed E-state index contributed by atoms with van der Waals surface area (Å²) in [6.07, 6.45) is 3.90. The average molecular weight is 554 g/mol. The summed E-state index contributed by atoms with van der Waals surface area (Å²) in [7, 11) is -4.02. The van der Waals surface area contributed by atoms with E-state index in [4.69, 9.17) is 22.9 Å². The molecule has 0 aliphatic carbocycles. The van der Waals surface area contributed by atoms with Crippen molar-refractivity contribution in [1.82, 2.24) is 0 Å². The first-order valence-electron chi connectivity index (χ1n) is 12.4. The van der Waals surface area contributed by atoms with Crippen molar-refractivity contribution in [2.24, 2.45) is 5.92 Å². The Morgan fingerprint density at radius 1 is 1.10 bits per heavy atom. The van der Waals surface area contributed by atoms with Crippen LogP contribution in [0.15, 0.2) is 100 Å². The molecule has 0 saturated heterocycles. The number of hydrogen-bond donors (Lipinski definition) is 0. The summed E-state index contributed by atoms with van der Waals surface area (Å²) in [4.78, 5) is 5.19. The summed E-state index contributed by atoms with van der Waals surface area (Å²) in [5, 5.41) is 9.87. The molecule has 0 spiro atoms. The number of nitrogens with zero attached hydrogens (tertiary/aromatic N) is 3. The minimum Gasteiger partial charge on any atom is -0.439 e. The third-order valence-electron chi connectivity index (χ3n) is 6.64. The molecule has 2 aliphatic heterocycles. The molecular formula is C31H24ClN3O3S. The summed E-state index contributed by atoms with van der Waals surface area (Å²) < 4.78 is 33.3. The van der Waals surface area contributed by atoms with Gasteiger partial charge in [-0.2, -0.15) is 0 Å². The summed E-state index contributed by atoms with van der Waals surface area (Å²) in [5.41, 5.74) is 3.07. The number of allylic oxidation sites excluding steroid dienone is 4. The molecule has 0 bridgehead atoms. The normalized spacial score (nSPS) is 18.5. The molecule has 5 rings (SSSR count). The topological polar surface area (TPSA) is 74.8 Å². The van der Waals surface area contributed by atoms with Gasteiger partial charge in [-0.05, 0) is 59.4 Å². The predicted molar refractivity (Wildman–Crippen MR) is 153 cm³/mol. The van der Waals surface area contributed by atoms with Gasteiger partial charge in [-0.15, -0.1) is 0 Å². The standard InChI is InChI=1S/C31H24ClN3O3S/c1-20(2)15-16-35-26-17-22(21-7-5-4-6-8-21)9-12-27(26)38-30(35)14-13-28-31(25(19-33)34-3)24-11-10-23(32)18-29(24)39(28,36)37/h4-14,17-18,20H,15-16H2,1-2H3/b28-13-,30-14-,31-25+. The lowest BCUT2D eigenvalue weighted by Gasteiger charge is -2.20. The van der Waals surface area contributed by atoms with Crippen LogP contribution in [0.5, 0.6) is 5.75 Å². The SMILES string of the molecule is [C-]#[N+]/C(C#N)=C1/C(=C/C=C2\Oc3ccc(-c4ccccc4)cc3N2CCC(C)C)S(=O)(=O)c2cc(Cl)ccc21. The first-order chi connectivity index (χ1) is 18.7. The van der Waals surface area contributed by atoms with Crippen LogP contribution < -0.4 is 9.64 Å². The van der Waals surface area contributed by atoms with Crippen molar-refractivity contribution in [1.29, 1.82) is 5.26 Å². The number of fused-ring (bicyclic) bond motifs is 2. The molecule has 3 aromatic rings. The maximum atomic E-state index is 13.5. The van der Waals surface area contributed by atoms with E-state index in [-0.39, 0.29) is 31.7 Å². The van der Waals surface area contributed by atoms with Crippen molar-refractivity contribution in [2.45, 2.75) is 25.2 Å². The molecule has 0 N–H and O–H groups in total. The zero-order chi connectivity index (χ0) is 27.7. The zero-order valence-corrected chi connectivity index (χ0v) is 22.9. The first kappa shape index (κ1) is 26.3. The van der Waals surface area contributed by atoms with Crippen molar-refractivity contribution in [3.8, 4) is 22.9 Å². The molecule has 2 aliphatic rings. The van der Waals surface area contributed by atoms with Gasteiger partial charge in [0.2, 0.25) is 15.7 Å². The molecule has 0 radical (unpaired) electrons. The molecule has 194 valence electrons. The van der Waals surface area contributed by atoms with Gasteiger partial charge < -0.3 is 9.64 Å². The Balaban J connectivity index is 1.63. The molecule has 0 unspecified atom stereocenters. The van der Waals surface area contributed by atoms with Crippen LogP contribution in [-0.4, -0.2) is 15.0 Å². The maximum absolute atomic E-state index is 13.5. The van der Waals surface area contributed by atoms with Crippen molar-refractivity contribution >= 4 is 32.7 Å². The minimum atomic E-state index is -4.02. The fraction of sp³-hybridized carbons (Fsp3) is 0.161. The minimum absolute atomic E-state index is 0.0224. The Morgan fingerprint density at radius 3 is 2.56 bits per heavy atom. The highest BCUT2D eigenvalue weighted by Crippen LogP contribution is 2.46. The monoisotopic (exact) mass is 553 g/mol. The van der Waals surface area contributed by atoms with Gasteiger partial charge in [0.15, 0.2) is 5.75 Å². The summed E-state index contributed by atoms with van der Waals surface area (Å²) >= 11 is 6.10. The van der Waals surface area contributed by atoms with Gasteiger partial charge in [0, 0.05) is 23.2 Å². The maximum Gasteiger partial charge on any atom is 0.270 e. The van der Waals surface area contributed by atoms with Crippen LogP contribution in [0.3, 0.4) is 0 Å². The quantitative estimate of drug-likeness (QED) is 0.240. The van der Waals surface area contributed by atoms with Crippen molar-refractivity contribution < 1.29 is 13.2 Å². The van der Waals surface area contributed by atoms with Crippen LogP contribution in [0.4, 0.5) is 5.69 Å². The van der Waals surface area contributed by atoms with E-state index in [1.165, 1.54) is 18.2 Å². The zero-order valence-electron chi connectivity index (χ0n) is 21.3. The summed E-state index contributed by atoms with van der Waals surface area (Å²) in [6.45, 7) is 12.4. The number of nitriles is 1. The van der Waals surface area contributed by atoms with E-state index >= 15 is 0 Å². The van der Waals surface area contributed by atoms with Crippen LogP contribution in [0.2, 0.25) is 5.02 Å². The van der Waals surface area contributed by atoms with Crippen molar-refractivity contribution in [3.63, 3.8) is 0 Å². The van der Waals surface area contributed by atoms with Gasteiger partial charge in [0.1, 0.15) is 0 Å². The van der Waals surface area contributed by atoms with E-state index in [0.29, 0.717) is 24.1 Å². The Labute approximate surface area is 233 Å². The number of rotatable bonds is 5. The van der Waals surface area contributed by atoms with Gasteiger partial charge in [0.25, 0.3) is 5.70 Å².